The Hall–Kier alpha value is -1.10. The van der Waals surface area contributed by atoms with Crippen molar-refractivity contribution in [2.75, 3.05) is 26.7 Å². The third-order valence-electron chi connectivity index (χ3n) is 2.07. The van der Waals surface area contributed by atoms with Crippen LogP contribution in [0, 0.1) is 0 Å². The molecule has 0 atom stereocenters. The molecule has 15 heavy (non-hydrogen) atoms. The van der Waals surface area contributed by atoms with E-state index in [0.717, 1.165) is 12.8 Å². The Kier molecular flexibility index (Phi) is 7.62. The average molecular weight is 215 g/mol. The molecule has 0 aliphatic carbocycles. The lowest BCUT2D eigenvalue weighted by atomic mass is 10.2. The second-order valence-corrected chi connectivity index (χ2v) is 3.49. The summed E-state index contributed by atoms with van der Waals surface area (Å²) >= 11 is 0. The summed E-state index contributed by atoms with van der Waals surface area (Å²) in [6.45, 7) is 3.31. The van der Waals surface area contributed by atoms with Gasteiger partial charge in [-0.3, -0.25) is 9.59 Å². The first-order valence-electron chi connectivity index (χ1n) is 5.32. The molecule has 0 unspecified atom stereocenters. The van der Waals surface area contributed by atoms with Crippen LogP contribution in [-0.2, 0) is 9.59 Å². The number of nitrogens with two attached hydrogens (primary N) is 1. The Morgan fingerprint density at radius 1 is 1.40 bits per heavy atom. The highest BCUT2D eigenvalue weighted by molar-refractivity contribution is 5.83. The largest absolute Gasteiger partial charge is 0.368 e. The average Bonchev–Trinajstić information content (AvgIpc) is 2.20. The lowest BCUT2D eigenvalue weighted by molar-refractivity contribution is -0.135. The van der Waals surface area contributed by atoms with Gasteiger partial charge in [0, 0.05) is 19.5 Å². The number of rotatable bonds is 8. The Morgan fingerprint density at radius 2 is 2.07 bits per heavy atom. The molecule has 5 nitrogen and oxygen atoms in total. The highest BCUT2D eigenvalue weighted by Gasteiger charge is 2.14. The topological polar surface area (TPSA) is 75.4 Å². The standard InChI is InChI=1S/C10H21N3O2/c1-3-4-7-13(8-9(11)14)10(15)5-6-12-2/h12H,3-8H2,1-2H3,(H2,11,14). The fraction of sp³-hybridized carbons (Fsp3) is 0.800. The van der Waals surface area contributed by atoms with Crippen LogP contribution in [0.15, 0.2) is 0 Å². The van der Waals surface area contributed by atoms with Crippen LogP contribution in [0.3, 0.4) is 0 Å². The van der Waals surface area contributed by atoms with E-state index in [-0.39, 0.29) is 12.5 Å². The predicted molar refractivity (Wildman–Crippen MR) is 59.2 cm³/mol. The molecule has 0 spiro atoms. The summed E-state index contributed by atoms with van der Waals surface area (Å²) < 4.78 is 0. The maximum Gasteiger partial charge on any atom is 0.237 e. The van der Waals surface area contributed by atoms with Crippen molar-refractivity contribution in [2.24, 2.45) is 5.73 Å². The van der Waals surface area contributed by atoms with Gasteiger partial charge in [-0.15, -0.1) is 0 Å². The van der Waals surface area contributed by atoms with Crippen LogP contribution in [0.5, 0.6) is 0 Å². The first-order valence-corrected chi connectivity index (χ1v) is 5.32. The number of nitrogens with zero attached hydrogens (tertiary/aromatic N) is 1. The van der Waals surface area contributed by atoms with Crippen LogP contribution < -0.4 is 11.1 Å². The first-order chi connectivity index (χ1) is 7.11. The Balaban J connectivity index is 4.07. The van der Waals surface area contributed by atoms with Gasteiger partial charge >= 0.3 is 0 Å². The van der Waals surface area contributed by atoms with Gasteiger partial charge in [-0.2, -0.15) is 0 Å². The van der Waals surface area contributed by atoms with E-state index < -0.39 is 5.91 Å². The van der Waals surface area contributed by atoms with Crippen molar-refractivity contribution in [1.29, 1.82) is 0 Å². The third-order valence-corrected chi connectivity index (χ3v) is 2.07. The van der Waals surface area contributed by atoms with Crippen molar-refractivity contribution in [1.82, 2.24) is 10.2 Å². The second-order valence-electron chi connectivity index (χ2n) is 3.49. The van der Waals surface area contributed by atoms with Gasteiger partial charge < -0.3 is 16.0 Å². The maximum atomic E-state index is 11.6. The molecule has 0 aliphatic heterocycles. The van der Waals surface area contributed by atoms with Gasteiger partial charge in [0.05, 0.1) is 6.54 Å². The van der Waals surface area contributed by atoms with E-state index in [4.69, 9.17) is 5.73 Å². The molecule has 2 amide bonds. The molecule has 3 N–H and O–H groups in total. The quantitative estimate of drug-likeness (QED) is 0.584. The molecule has 0 saturated heterocycles. The number of primary amides is 1. The molecule has 0 aromatic carbocycles. The molecule has 0 radical (unpaired) electrons. The Labute approximate surface area is 91.0 Å². The molecular formula is C10H21N3O2. The highest BCUT2D eigenvalue weighted by atomic mass is 16.2. The van der Waals surface area contributed by atoms with Gasteiger partial charge in [0.1, 0.15) is 0 Å². The fourth-order valence-electron chi connectivity index (χ4n) is 1.22. The van der Waals surface area contributed by atoms with Crippen molar-refractivity contribution in [2.45, 2.75) is 26.2 Å². The summed E-state index contributed by atoms with van der Waals surface area (Å²) in [5, 5.41) is 2.90. The molecule has 5 heteroatoms. The van der Waals surface area contributed by atoms with E-state index >= 15 is 0 Å². The van der Waals surface area contributed by atoms with E-state index in [1.54, 1.807) is 7.05 Å². The monoisotopic (exact) mass is 215 g/mol. The molecule has 0 aromatic rings. The molecule has 0 fully saturated rings. The van der Waals surface area contributed by atoms with E-state index in [1.165, 1.54) is 4.90 Å². The second kappa shape index (κ2) is 8.23. The SMILES string of the molecule is CCCCN(CC(N)=O)C(=O)CCNC. The van der Waals surface area contributed by atoms with Gasteiger partial charge in [-0.1, -0.05) is 13.3 Å². The van der Waals surface area contributed by atoms with Crippen molar-refractivity contribution in [3.05, 3.63) is 0 Å². The maximum absolute atomic E-state index is 11.6. The molecule has 0 heterocycles. The summed E-state index contributed by atoms with van der Waals surface area (Å²) in [7, 11) is 1.79. The van der Waals surface area contributed by atoms with Crippen molar-refractivity contribution < 1.29 is 9.59 Å². The summed E-state index contributed by atoms with van der Waals surface area (Å²) in [5.41, 5.74) is 5.08. The summed E-state index contributed by atoms with van der Waals surface area (Å²) in [5.74, 6) is -0.472. The molecule has 0 rings (SSSR count). The highest BCUT2D eigenvalue weighted by Crippen LogP contribution is 1.98. The molecular weight excluding hydrogens is 194 g/mol. The molecule has 0 bridgehead atoms. The minimum absolute atomic E-state index is 0.0170. The van der Waals surface area contributed by atoms with Crippen LogP contribution in [0.2, 0.25) is 0 Å². The van der Waals surface area contributed by atoms with Crippen molar-refractivity contribution in [3.8, 4) is 0 Å². The number of carbonyl (C=O) groups is 2. The molecule has 0 saturated carbocycles. The van der Waals surface area contributed by atoms with E-state index in [0.29, 0.717) is 19.5 Å². The van der Waals surface area contributed by atoms with Gasteiger partial charge in [-0.05, 0) is 13.5 Å². The van der Waals surface area contributed by atoms with Gasteiger partial charge in [0.2, 0.25) is 11.8 Å². The minimum atomic E-state index is -0.455. The first kappa shape index (κ1) is 13.9. The van der Waals surface area contributed by atoms with E-state index in [9.17, 15) is 9.59 Å². The number of carbonyl (C=O) groups excluding carboxylic acids is 2. The number of unbranched alkanes of at least 4 members (excludes halogenated alkanes) is 1. The summed E-state index contributed by atoms with van der Waals surface area (Å²) in [6.07, 6.45) is 2.31. The number of hydrogen-bond acceptors (Lipinski definition) is 3. The number of hydrogen-bond donors (Lipinski definition) is 2. The minimum Gasteiger partial charge on any atom is -0.368 e. The lowest BCUT2D eigenvalue weighted by Crippen LogP contribution is -2.39. The zero-order valence-electron chi connectivity index (χ0n) is 9.58. The van der Waals surface area contributed by atoms with Crippen molar-refractivity contribution in [3.63, 3.8) is 0 Å². The summed E-state index contributed by atoms with van der Waals surface area (Å²) in [6, 6.07) is 0. The van der Waals surface area contributed by atoms with Crippen LogP contribution in [0.25, 0.3) is 0 Å². The Bertz CT molecular complexity index is 207. The molecule has 0 aromatic heterocycles. The lowest BCUT2D eigenvalue weighted by Gasteiger charge is -2.20. The number of amides is 2. The summed E-state index contributed by atoms with van der Waals surface area (Å²) in [4.78, 5) is 23.9. The van der Waals surface area contributed by atoms with Crippen LogP contribution in [-0.4, -0.2) is 43.4 Å². The van der Waals surface area contributed by atoms with Gasteiger partial charge in [-0.25, -0.2) is 0 Å². The van der Waals surface area contributed by atoms with Crippen LogP contribution in [0.1, 0.15) is 26.2 Å². The normalized spacial score (nSPS) is 10.0. The predicted octanol–water partition coefficient (Wildman–Crippen LogP) is -0.290. The fourth-order valence-corrected chi connectivity index (χ4v) is 1.22. The van der Waals surface area contributed by atoms with Gasteiger partial charge in [0.15, 0.2) is 0 Å². The van der Waals surface area contributed by atoms with Crippen molar-refractivity contribution >= 4 is 11.8 Å². The van der Waals surface area contributed by atoms with Crippen LogP contribution in [0.4, 0.5) is 0 Å². The molecule has 0 aliphatic rings. The van der Waals surface area contributed by atoms with Gasteiger partial charge in [0.25, 0.3) is 0 Å². The van der Waals surface area contributed by atoms with Crippen LogP contribution >= 0.6 is 0 Å². The van der Waals surface area contributed by atoms with E-state index in [2.05, 4.69) is 5.32 Å². The smallest absolute Gasteiger partial charge is 0.237 e. The third kappa shape index (κ3) is 6.90. The molecule has 88 valence electrons. The number of nitrogens with one attached hydrogen (secondary N) is 1. The van der Waals surface area contributed by atoms with E-state index in [1.807, 2.05) is 6.92 Å². The Morgan fingerprint density at radius 3 is 2.53 bits per heavy atom. The zero-order chi connectivity index (χ0) is 11.7. The zero-order valence-corrected chi connectivity index (χ0v) is 9.58.